The lowest BCUT2D eigenvalue weighted by Crippen LogP contribution is -2.38. The van der Waals surface area contributed by atoms with E-state index >= 15 is 0 Å². The Morgan fingerprint density at radius 1 is 1.25 bits per heavy atom. The van der Waals surface area contributed by atoms with E-state index < -0.39 is 0 Å². The molecule has 1 aromatic rings. The maximum absolute atomic E-state index is 11.8. The number of carbonyl (C=O) groups is 2. The number of ketones is 1. The quantitative estimate of drug-likeness (QED) is 0.841. The number of ether oxygens (including phenoxy) is 1. The molecule has 0 atom stereocenters. The Hall–Kier alpha value is -1.84. The van der Waals surface area contributed by atoms with Crippen molar-refractivity contribution in [3.05, 3.63) is 29.8 Å². The molecule has 0 unspecified atom stereocenters. The molecule has 0 aliphatic heterocycles. The molecular weight excluding hydrogens is 254 g/mol. The van der Waals surface area contributed by atoms with Crippen LogP contribution in [0.2, 0.25) is 0 Å². The van der Waals surface area contributed by atoms with Gasteiger partial charge in [-0.05, 0) is 31.9 Å². The number of nitrogens with one attached hydrogen (secondary N) is 1. The average molecular weight is 275 g/mol. The first kappa shape index (κ1) is 14.6. The highest BCUT2D eigenvalue weighted by Crippen LogP contribution is 2.17. The summed E-state index contributed by atoms with van der Waals surface area (Å²) in [7, 11) is 0. The number of hydrogen-bond donors (Lipinski definition) is 1. The maximum atomic E-state index is 11.8. The molecule has 4 heteroatoms. The number of hydrogen-bond acceptors (Lipinski definition) is 3. The van der Waals surface area contributed by atoms with E-state index in [2.05, 4.69) is 5.32 Å². The first-order valence-corrected chi connectivity index (χ1v) is 7.18. The average Bonchev–Trinajstić information content (AvgIpc) is 2.46. The molecule has 4 nitrogen and oxygen atoms in total. The van der Waals surface area contributed by atoms with Crippen LogP contribution >= 0.6 is 0 Å². The molecule has 0 radical (unpaired) electrons. The van der Waals surface area contributed by atoms with Gasteiger partial charge in [-0.1, -0.05) is 31.4 Å². The molecule has 1 amide bonds. The van der Waals surface area contributed by atoms with Gasteiger partial charge in [0, 0.05) is 11.6 Å². The molecule has 1 aromatic carbocycles. The van der Waals surface area contributed by atoms with Crippen molar-refractivity contribution in [2.45, 2.75) is 45.1 Å². The first-order valence-electron chi connectivity index (χ1n) is 7.18. The Morgan fingerprint density at radius 3 is 2.70 bits per heavy atom. The van der Waals surface area contributed by atoms with Crippen molar-refractivity contribution < 1.29 is 14.3 Å². The van der Waals surface area contributed by atoms with Crippen molar-refractivity contribution in [2.75, 3.05) is 6.61 Å². The topological polar surface area (TPSA) is 55.4 Å². The third kappa shape index (κ3) is 4.37. The van der Waals surface area contributed by atoms with Crippen LogP contribution in [0.5, 0.6) is 5.75 Å². The molecule has 2 rings (SSSR count). The molecule has 0 spiro atoms. The predicted molar refractivity (Wildman–Crippen MR) is 77.0 cm³/mol. The van der Waals surface area contributed by atoms with Gasteiger partial charge in [0.2, 0.25) is 0 Å². The van der Waals surface area contributed by atoms with E-state index in [9.17, 15) is 9.59 Å². The molecule has 0 aromatic heterocycles. The summed E-state index contributed by atoms with van der Waals surface area (Å²) in [6.45, 7) is 1.51. The van der Waals surface area contributed by atoms with Crippen LogP contribution in [0.15, 0.2) is 24.3 Å². The van der Waals surface area contributed by atoms with Gasteiger partial charge in [-0.3, -0.25) is 9.59 Å². The summed E-state index contributed by atoms with van der Waals surface area (Å²) >= 11 is 0. The molecule has 0 saturated heterocycles. The van der Waals surface area contributed by atoms with Gasteiger partial charge in [0.25, 0.3) is 5.91 Å². The molecule has 1 saturated carbocycles. The number of benzene rings is 1. The van der Waals surface area contributed by atoms with E-state index in [1.54, 1.807) is 24.3 Å². The normalized spacial score (nSPS) is 15.7. The highest BCUT2D eigenvalue weighted by molar-refractivity contribution is 5.94. The number of rotatable bonds is 5. The molecule has 1 N–H and O–H groups in total. The van der Waals surface area contributed by atoms with E-state index in [0.29, 0.717) is 17.4 Å². The van der Waals surface area contributed by atoms with Crippen LogP contribution in [0.4, 0.5) is 0 Å². The van der Waals surface area contributed by atoms with E-state index in [-0.39, 0.29) is 18.3 Å². The smallest absolute Gasteiger partial charge is 0.258 e. The third-order valence-corrected chi connectivity index (χ3v) is 3.58. The molecule has 1 fully saturated rings. The monoisotopic (exact) mass is 275 g/mol. The predicted octanol–water partition coefficient (Wildman–Crippen LogP) is 2.72. The van der Waals surface area contributed by atoms with Gasteiger partial charge in [-0.15, -0.1) is 0 Å². The highest BCUT2D eigenvalue weighted by atomic mass is 16.5. The first-order chi connectivity index (χ1) is 9.65. The zero-order chi connectivity index (χ0) is 14.4. The van der Waals surface area contributed by atoms with E-state index in [4.69, 9.17) is 4.74 Å². The lowest BCUT2D eigenvalue weighted by Gasteiger charge is -2.22. The van der Waals surface area contributed by atoms with Gasteiger partial charge in [0.1, 0.15) is 5.75 Å². The van der Waals surface area contributed by atoms with Crippen LogP contribution < -0.4 is 10.1 Å². The number of amides is 1. The minimum absolute atomic E-state index is 0.00212. The second kappa shape index (κ2) is 7.08. The molecule has 0 heterocycles. The minimum atomic E-state index is -0.0925. The Balaban J connectivity index is 1.80. The third-order valence-electron chi connectivity index (χ3n) is 3.58. The van der Waals surface area contributed by atoms with Crippen molar-refractivity contribution in [3.63, 3.8) is 0 Å². The second-order valence-corrected chi connectivity index (χ2v) is 5.28. The van der Waals surface area contributed by atoms with Crippen molar-refractivity contribution in [2.24, 2.45) is 0 Å². The van der Waals surface area contributed by atoms with E-state index in [0.717, 1.165) is 12.8 Å². The Labute approximate surface area is 119 Å². The Morgan fingerprint density at radius 2 is 2.00 bits per heavy atom. The van der Waals surface area contributed by atoms with Gasteiger partial charge >= 0.3 is 0 Å². The standard InChI is InChI=1S/C16H21NO3/c1-12(18)13-6-5-9-15(10-13)20-11-16(19)17-14-7-3-2-4-8-14/h5-6,9-10,14H,2-4,7-8,11H2,1H3,(H,17,19). The van der Waals surface area contributed by atoms with Crippen LogP contribution in [0.25, 0.3) is 0 Å². The van der Waals surface area contributed by atoms with Gasteiger partial charge in [0.15, 0.2) is 12.4 Å². The summed E-state index contributed by atoms with van der Waals surface area (Å²) < 4.78 is 5.44. The Kier molecular flexibility index (Phi) is 5.16. The fraction of sp³-hybridized carbons (Fsp3) is 0.500. The Bertz CT molecular complexity index is 478. The second-order valence-electron chi connectivity index (χ2n) is 5.28. The summed E-state index contributed by atoms with van der Waals surface area (Å²) in [5.74, 6) is 0.448. The number of Topliss-reactive ketones (excluding diaryl/α,β-unsaturated/α-hetero) is 1. The van der Waals surface area contributed by atoms with Crippen molar-refractivity contribution in [3.8, 4) is 5.75 Å². The van der Waals surface area contributed by atoms with Gasteiger partial charge < -0.3 is 10.1 Å². The summed E-state index contributed by atoms with van der Waals surface area (Å²) in [6, 6.07) is 7.20. The van der Waals surface area contributed by atoms with Crippen LogP contribution in [-0.4, -0.2) is 24.3 Å². The van der Waals surface area contributed by atoms with Crippen LogP contribution in [-0.2, 0) is 4.79 Å². The summed E-state index contributed by atoms with van der Waals surface area (Å²) in [4.78, 5) is 23.1. The number of carbonyl (C=O) groups excluding carboxylic acids is 2. The molecule has 20 heavy (non-hydrogen) atoms. The van der Waals surface area contributed by atoms with E-state index in [1.165, 1.54) is 26.2 Å². The fourth-order valence-electron chi connectivity index (χ4n) is 2.47. The van der Waals surface area contributed by atoms with E-state index in [1.807, 2.05) is 0 Å². The summed E-state index contributed by atoms with van der Waals surface area (Å²) in [5, 5.41) is 3.00. The van der Waals surface area contributed by atoms with Crippen molar-refractivity contribution >= 4 is 11.7 Å². The van der Waals surface area contributed by atoms with Crippen LogP contribution in [0.3, 0.4) is 0 Å². The lowest BCUT2D eigenvalue weighted by atomic mass is 9.95. The van der Waals surface area contributed by atoms with Gasteiger partial charge in [-0.25, -0.2) is 0 Å². The largest absolute Gasteiger partial charge is 0.484 e. The highest BCUT2D eigenvalue weighted by Gasteiger charge is 2.15. The van der Waals surface area contributed by atoms with Crippen molar-refractivity contribution in [1.29, 1.82) is 0 Å². The van der Waals surface area contributed by atoms with Gasteiger partial charge in [0.05, 0.1) is 0 Å². The molecule has 1 aliphatic carbocycles. The summed E-state index contributed by atoms with van der Waals surface area (Å²) in [6.07, 6.45) is 5.76. The van der Waals surface area contributed by atoms with Crippen molar-refractivity contribution in [1.82, 2.24) is 5.32 Å². The van der Waals surface area contributed by atoms with Gasteiger partial charge in [-0.2, -0.15) is 0 Å². The minimum Gasteiger partial charge on any atom is -0.484 e. The molecule has 0 bridgehead atoms. The zero-order valence-electron chi connectivity index (χ0n) is 11.9. The maximum Gasteiger partial charge on any atom is 0.258 e. The van der Waals surface area contributed by atoms with Crippen LogP contribution in [0, 0.1) is 0 Å². The SMILES string of the molecule is CC(=O)c1cccc(OCC(=O)NC2CCCCC2)c1. The fourth-order valence-corrected chi connectivity index (χ4v) is 2.47. The van der Waals surface area contributed by atoms with Crippen LogP contribution in [0.1, 0.15) is 49.4 Å². The molecular formula is C16H21NO3. The lowest BCUT2D eigenvalue weighted by molar-refractivity contribution is -0.124. The summed E-state index contributed by atoms with van der Waals surface area (Å²) in [5.41, 5.74) is 0.593. The zero-order valence-corrected chi connectivity index (χ0v) is 11.9. The molecule has 1 aliphatic rings. The molecule has 108 valence electrons.